The van der Waals surface area contributed by atoms with Gasteiger partial charge in [-0.25, -0.2) is 0 Å². The fraction of sp³-hybridized carbons (Fsp3) is 0.455. The van der Waals surface area contributed by atoms with Crippen LogP contribution in [0.15, 0.2) is 30.3 Å². The fourth-order valence-electron chi connectivity index (χ4n) is 1.35. The minimum absolute atomic E-state index is 0.302. The zero-order chi connectivity index (χ0) is 9.10. The monoisotopic (exact) mass is 177 g/mol. The number of ether oxygens (including phenoxy) is 1. The summed E-state index contributed by atoms with van der Waals surface area (Å²) in [5.74, 6) is 0. The highest BCUT2D eigenvalue weighted by molar-refractivity contribution is 5.14. The Bertz CT molecular complexity index is 260. The Morgan fingerprint density at radius 3 is 2.62 bits per heavy atom. The Balaban J connectivity index is 1.68. The fourth-order valence-corrected chi connectivity index (χ4v) is 1.35. The van der Waals surface area contributed by atoms with E-state index in [2.05, 4.69) is 24.3 Å². The molecule has 1 aromatic carbocycles. The Kier molecular flexibility index (Phi) is 2.62. The predicted molar refractivity (Wildman–Crippen MR) is 52.5 cm³/mol. The maximum absolute atomic E-state index is 5.62. The molecular weight excluding hydrogens is 162 g/mol. The van der Waals surface area contributed by atoms with E-state index >= 15 is 0 Å². The first-order valence-corrected chi connectivity index (χ1v) is 4.77. The van der Waals surface area contributed by atoms with Crippen molar-refractivity contribution in [1.29, 1.82) is 0 Å². The number of hydrogen-bond acceptors (Lipinski definition) is 2. The van der Waals surface area contributed by atoms with Crippen LogP contribution >= 0.6 is 0 Å². The molecule has 2 rings (SSSR count). The second-order valence-corrected chi connectivity index (χ2v) is 3.54. The van der Waals surface area contributed by atoms with Gasteiger partial charge in [-0.3, -0.25) is 0 Å². The van der Waals surface area contributed by atoms with Crippen LogP contribution in [0.2, 0.25) is 0 Å². The minimum atomic E-state index is 0.302. The average Bonchev–Trinajstić information content (AvgIpc) is 2.84. The van der Waals surface area contributed by atoms with Crippen molar-refractivity contribution in [2.45, 2.75) is 25.0 Å². The normalized spacial score (nSPS) is 25.9. The molecule has 1 aliphatic rings. The summed E-state index contributed by atoms with van der Waals surface area (Å²) >= 11 is 0. The van der Waals surface area contributed by atoms with E-state index < -0.39 is 0 Å². The molecule has 1 aromatic rings. The number of nitrogens with two attached hydrogens (primary N) is 1. The van der Waals surface area contributed by atoms with Crippen LogP contribution in [-0.4, -0.2) is 18.8 Å². The van der Waals surface area contributed by atoms with Gasteiger partial charge in [0.15, 0.2) is 0 Å². The number of hydrogen-bond donors (Lipinski definition) is 1. The SMILES string of the molecule is N[C@H]1C[C@@H]1OCCc1ccccc1. The van der Waals surface area contributed by atoms with Crippen LogP contribution in [0.25, 0.3) is 0 Å². The summed E-state index contributed by atoms with van der Waals surface area (Å²) in [6.07, 6.45) is 2.36. The molecule has 2 nitrogen and oxygen atoms in total. The van der Waals surface area contributed by atoms with Gasteiger partial charge in [-0.15, -0.1) is 0 Å². The Hall–Kier alpha value is -0.860. The maximum Gasteiger partial charge on any atom is 0.0742 e. The van der Waals surface area contributed by atoms with Crippen LogP contribution in [-0.2, 0) is 11.2 Å². The van der Waals surface area contributed by atoms with E-state index in [4.69, 9.17) is 10.5 Å². The minimum Gasteiger partial charge on any atom is -0.376 e. The molecule has 2 heteroatoms. The molecule has 0 radical (unpaired) electrons. The van der Waals surface area contributed by atoms with Gasteiger partial charge in [-0.1, -0.05) is 30.3 Å². The Labute approximate surface area is 78.7 Å². The van der Waals surface area contributed by atoms with E-state index in [0.717, 1.165) is 19.4 Å². The summed E-state index contributed by atoms with van der Waals surface area (Å²) in [5.41, 5.74) is 6.95. The van der Waals surface area contributed by atoms with Gasteiger partial charge >= 0.3 is 0 Å². The summed E-state index contributed by atoms with van der Waals surface area (Å²) in [4.78, 5) is 0. The largest absolute Gasteiger partial charge is 0.376 e. The van der Waals surface area contributed by atoms with E-state index in [1.165, 1.54) is 5.56 Å². The van der Waals surface area contributed by atoms with Crippen molar-refractivity contribution in [3.05, 3.63) is 35.9 Å². The van der Waals surface area contributed by atoms with Crippen molar-refractivity contribution in [1.82, 2.24) is 0 Å². The lowest BCUT2D eigenvalue weighted by atomic mass is 10.2. The van der Waals surface area contributed by atoms with Gasteiger partial charge < -0.3 is 10.5 Å². The second-order valence-electron chi connectivity index (χ2n) is 3.54. The zero-order valence-corrected chi connectivity index (χ0v) is 7.65. The highest BCUT2D eigenvalue weighted by Crippen LogP contribution is 2.22. The molecule has 0 spiro atoms. The average molecular weight is 177 g/mol. The maximum atomic E-state index is 5.62. The summed E-state index contributed by atoms with van der Waals surface area (Å²) in [6.45, 7) is 0.794. The van der Waals surface area contributed by atoms with Crippen LogP contribution in [0.4, 0.5) is 0 Å². The molecule has 0 amide bonds. The molecule has 0 aliphatic heterocycles. The van der Waals surface area contributed by atoms with Crippen LogP contribution in [0.5, 0.6) is 0 Å². The van der Waals surface area contributed by atoms with E-state index in [1.54, 1.807) is 0 Å². The van der Waals surface area contributed by atoms with Crippen LogP contribution in [0, 0.1) is 0 Å². The standard InChI is InChI=1S/C11H15NO/c12-10-8-11(10)13-7-6-9-4-2-1-3-5-9/h1-5,10-11H,6-8,12H2/t10-,11-/m0/s1. The molecule has 1 saturated carbocycles. The lowest BCUT2D eigenvalue weighted by Crippen LogP contribution is -2.10. The van der Waals surface area contributed by atoms with E-state index in [1.807, 2.05) is 6.07 Å². The number of rotatable bonds is 4. The first-order valence-electron chi connectivity index (χ1n) is 4.77. The summed E-state index contributed by atoms with van der Waals surface area (Å²) in [7, 11) is 0. The van der Waals surface area contributed by atoms with Crippen LogP contribution < -0.4 is 5.73 Å². The van der Waals surface area contributed by atoms with E-state index in [9.17, 15) is 0 Å². The van der Waals surface area contributed by atoms with E-state index in [-0.39, 0.29) is 0 Å². The zero-order valence-electron chi connectivity index (χ0n) is 7.65. The van der Waals surface area contributed by atoms with Gasteiger partial charge in [0.2, 0.25) is 0 Å². The molecule has 0 unspecified atom stereocenters. The third-order valence-corrected chi connectivity index (χ3v) is 2.34. The highest BCUT2D eigenvalue weighted by atomic mass is 16.5. The summed E-state index contributed by atoms with van der Waals surface area (Å²) in [6, 6.07) is 10.7. The molecule has 1 fully saturated rings. The first kappa shape index (κ1) is 8.73. The molecule has 70 valence electrons. The van der Waals surface area contributed by atoms with Gasteiger partial charge in [0.05, 0.1) is 12.7 Å². The lowest BCUT2D eigenvalue weighted by Gasteiger charge is -2.02. The quantitative estimate of drug-likeness (QED) is 0.753. The van der Waals surface area contributed by atoms with Crippen molar-refractivity contribution < 1.29 is 4.74 Å². The van der Waals surface area contributed by atoms with Gasteiger partial charge in [0, 0.05) is 6.04 Å². The van der Waals surface area contributed by atoms with Crippen molar-refractivity contribution in [3.63, 3.8) is 0 Å². The van der Waals surface area contributed by atoms with Crippen LogP contribution in [0.1, 0.15) is 12.0 Å². The lowest BCUT2D eigenvalue weighted by molar-refractivity contribution is 0.119. The van der Waals surface area contributed by atoms with Crippen molar-refractivity contribution in [2.24, 2.45) is 5.73 Å². The van der Waals surface area contributed by atoms with Gasteiger partial charge in [0.1, 0.15) is 0 Å². The van der Waals surface area contributed by atoms with Gasteiger partial charge in [-0.2, -0.15) is 0 Å². The molecule has 0 bridgehead atoms. The molecule has 2 N–H and O–H groups in total. The third kappa shape index (κ3) is 2.54. The Morgan fingerprint density at radius 1 is 1.31 bits per heavy atom. The highest BCUT2D eigenvalue weighted by Gasteiger charge is 2.34. The molecular formula is C11H15NO. The van der Waals surface area contributed by atoms with Crippen molar-refractivity contribution >= 4 is 0 Å². The molecule has 0 heterocycles. The topological polar surface area (TPSA) is 35.2 Å². The number of benzene rings is 1. The summed E-state index contributed by atoms with van der Waals surface area (Å²) < 4.78 is 5.54. The third-order valence-electron chi connectivity index (χ3n) is 2.34. The smallest absolute Gasteiger partial charge is 0.0742 e. The second kappa shape index (κ2) is 3.90. The molecule has 0 aromatic heterocycles. The molecule has 13 heavy (non-hydrogen) atoms. The molecule has 2 atom stereocenters. The van der Waals surface area contributed by atoms with Crippen molar-refractivity contribution in [2.75, 3.05) is 6.61 Å². The predicted octanol–water partition coefficient (Wildman–Crippen LogP) is 1.35. The molecule has 1 aliphatic carbocycles. The summed E-state index contributed by atoms with van der Waals surface area (Å²) in [5, 5.41) is 0. The van der Waals surface area contributed by atoms with Crippen molar-refractivity contribution in [3.8, 4) is 0 Å². The van der Waals surface area contributed by atoms with Crippen LogP contribution in [0.3, 0.4) is 0 Å². The van der Waals surface area contributed by atoms with E-state index in [0.29, 0.717) is 12.1 Å². The first-order chi connectivity index (χ1) is 6.36. The van der Waals surface area contributed by atoms with Gasteiger partial charge in [0.25, 0.3) is 0 Å². The van der Waals surface area contributed by atoms with Gasteiger partial charge in [-0.05, 0) is 18.4 Å². The molecule has 0 saturated heterocycles. The Morgan fingerprint density at radius 2 is 2.00 bits per heavy atom.